The molecule has 2 aliphatic rings. The largest absolute Gasteiger partial charge is 0.354 e. The van der Waals surface area contributed by atoms with Crippen molar-refractivity contribution < 1.29 is 9.59 Å². The molecule has 0 aromatic heterocycles. The number of likely N-dealkylation sites (N-methyl/N-ethyl adjacent to an activating group) is 1. The third-order valence-electron chi connectivity index (χ3n) is 6.62. The molecule has 1 atom stereocenters. The molecule has 0 spiro atoms. The number of anilines is 2. The number of para-hydroxylation sites is 1. The molecule has 0 unspecified atom stereocenters. The maximum absolute atomic E-state index is 13.0. The average molecular weight is 435 g/mol. The van der Waals surface area contributed by atoms with Crippen LogP contribution in [0.4, 0.5) is 16.2 Å². The topological polar surface area (TPSA) is 64.7 Å². The molecule has 170 valence electrons. The molecule has 2 aromatic rings. The van der Waals surface area contributed by atoms with Crippen molar-refractivity contribution in [3.05, 3.63) is 59.7 Å². The smallest absolute Gasteiger partial charge is 0.326 e. The van der Waals surface area contributed by atoms with E-state index in [1.165, 1.54) is 12.0 Å². The molecular weight excluding hydrogens is 400 g/mol. The van der Waals surface area contributed by atoms with Gasteiger partial charge >= 0.3 is 6.03 Å². The molecule has 0 saturated carbocycles. The number of nitrogens with one attached hydrogen (secondary N) is 2. The van der Waals surface area contributed by atoms with E-state index in [9.17, 15) is 9.59 Å². The zero-order valence-electron chi connectivity index (χ0n) is 19.0. The zero-order chi connectivity index (χ0) is 22.3. The summed E-state index contributed by atoms with van der Waals surface area (Å²) < 4.78 is 0. The van der Waals surface area contributed by atoms with Crippen LogP contribution in [0.5, 0.6) is 0 Å². The van der Waals surface area contributed by atoms with Gasteiger partial charge in [0.15, 0.2) is 0 Å². The number of rotatable bonds is 6. The second kappa shape index (κ2) is 10.6. The Kier molecular flexibility index (Phi) is 7.43. The van der Waals surface area contributed by atoms with Crippen molar-refractivity contribution in [2.75, 3.05) is 36.4 Å². The minimum Gasteiger partial charge on any atom is -0.354 e. The van der Waals surface area contributed by atoms with Crippen molar-refractivity contribution in [1.29, 1.82) is 0 Å². The predicted molar refractivity (Wildman–Crippen MR) is 129 cm³/mol. The lowest BCUT2D eigenvalue weighted by molar-refractivity contribution is -0.120. The van der Waals surface area contributed by atoms with Crippen molar-refractivity contribution >= 4 is 23.3 Å². The highest BCUT2D eigenvalue weighted by molar-refractivity contribution is 6.02. The minimum atomic E-state index is -0.109. The van der Waals surface area contributed by atoms with E-state index >= 15 is 0 Å². The van der Waals surface area contributed by atoms with Gasteiger partial charge in [-0.15, -0.1) is 0 Å². The number of fused-ring (bicyclic) bond motifs is 1. The number of hydrogen-bond donors (Lipinski definition) is 2. The molecule has 0 radical (unpaired) electrons. The maximum atomic E-state index is 13.0. The summed E-state index contributed by atoms with van der Waals surface area (Å²) in [6.07, 6.45) is 5.82. The molecule has 4 rings (SSSR count). The SMILES string of the molecule is CCN1CCC[C@@H]1CNC(=O)Cc1ccc(NC(=O)N2CCCCc3ccccc32)cc1. The summed E-state index contributed by atoms with van der Waals surface area (Å²) in [5.74, 6) is 0.0471. The molecule has 2 N–H and O–H groups in total. The standard InChI is InChI=1S/C26H34N4O2/c1-2-29-16-7-10-23(29)19-27-25(31)18-20-12-14-22(15-13-20)28-26(32)30-17-6-5-9-21-8-3-4-11-24(21)30/h3-4,8,11-15,23H,2,5-7,9-10,16-19H2,1H3,(H,27,31)(H,28,32)/t23-/m1/s1. The van der Waals surface area contributed by atoms with Gasteiger partial charge in [-0.05, 0) is 74.5 Å². The van der Waals surface area contributed by atoms with E-state index in [2.05, 4.69) is 28.5 Å². The highest BCUT2D eigenvalue weighted by Gasteiger charge is 2.23. The Labute approximate surface area is 191 Å². The Morgan fingerprint density at radius 2 is 1.81 bits per heavy atom. The van der Waals surface area contributed by atoms with E-state index in [0.29, 0.717) is 12.5 Å². The van der Waals surface area contributed by atoms with Crippen LogP contribution in [-0.4, -0.2) is 49.1 Å². The van der Waals surface area contributed by atoms with Gasteiger partial charge in [-0.1, -0.05) is 37.3 Å². The van der Waals surface area contributed by atoms with Gasteiger partial charge in [-0.25, -0.2) is 4.79 Å². The van der Waals surface area contributed by atoms with Crippen LogP contribution in [0.2, 0.25) is 0 Å². The van der Waals surface area contributed by atoms with Gasteiger partial charge in [0.05, 0.1) is 6.42 Å². The van der Waals surface area contributed by atoms with Gasteiger partial charge in [0.25, 0.3) is 0 Å². The fourth-order valence-corrected chi connectivity index (χ4v) is 4.82. The number of nitrogens with zero attached hydrogens (tertiary/aromatic N) is 2. The van der Waals surface area contributed by atoms with Gasteiger partial charge in [-0.2, -0.15) is 0 Å². The third kappa shape index (κ3) is 5.49. The van der Waals surface area contributed by atoms with Gasteiger partial charge in [-0.3, -0.25) is 14.6 Å². The van der Waals surface area contributed by atoms with Crippen LogP contribution in [0.1, 0.15) is 43.7 Å². The molecule has 1 saturated heterocycles. The van der Waals surface area contributed by atoms with Crippen LogP contribution in [-0.2, 0) is 17.6 Å². The molecule has 6 nitrogen and oxygen atoms in total. The molecule has 32 heavy (non-hydrogen) atoms. The summed E-state index contributed by atoms with van der Waals surface area (Å²) in [6, 6.07) is 16.1. The molecule has 6 heteroatoms. The molecule has 1 fully saturated rings. The Bertz CT molecular complexity index is 928. The fraction of sp³-hybridized carbons (Fsp3) is 0.462. The molecule has 2 aromatic carbocycles. The summed E-state index contributed by atoms with van der Waals surface area (Å²) in [5, 5.41) is 6.10. The summed E-state index contributed by atoms with van der Waals surface area (Å²) in [4.78, 5) is 29.6. The number of aryl methyl sites for hydroxylation is 1. The van der Waals surface area contributed by atoms with Crippen molar-refractivity contribution in [2.24, 2.45) is 0 Å². The van der Waals surface area contributed by atoms with E-state index in [1.54, 1.807) is 0 Å². The monoisotopic (exact) mass is 434 g/mol. The van der Waals surface area contributed by atoms with Crippen LogP contribution in [0.3, 0.4) is 0 Å². The molecule has 0 bridgehead atoms. The lowest BCUT2D eigenvalue weighted by atomic mass is 10.1. The van der Waals surface area contributed by atoms with Crippen molar-refractivity contribution in [3.63, 3.8) is 0 Å². The number of hydrogen-bond acceptors (Lipinski definition) is 3. The van der Waals surface area contributed by atoms with Crippen LogP contribution >= 0.6 is 0 Å². The number of urea groups is 1. The second-order valence-electron chi connectivity index (χ2n) is 8.77. The number of likely N-dealkylation sites (tertiary alicyclic amines) is 1. The van der Waals surface area contributed by atoms with Gasteiger partial charge < -0.3 is 10.6 Å². The first kappa shape index (κ1) is 22.3. The van der Waals surface area contributed by atoms with Crippen LogP contribution in [0.25, 0.3) is 0 Å². The maximum Gasteiger partial charge on any atom is 0.326 e. The summed E-state index contributed by atoms with van der Waals surface area (Å²) in [6.45, 7) is 5.78. The highest BCUT2D eigenvalue weighted by atomic mass is 16.2. The van der Waals surface area contributed by atoms with Crippen molar-refractivity contribution in [3.8, 4) is 0 Å². The normalized spacial score (nSPS) is 18.7. The van der Waals surface area contributed by atoms with Crippen LogP contribution in [0, 0.1) is 0 Å². The first-order valence-electron chi connectivity index (χ1n) is 11.9. The fourth-order valence-electron chi connectivity index (χ4n) is 4.82. The Hall–Kier alpha value is -2.86. The van der Waals surface area contributed by atoms with E-state index in [4.69, 9.17) is 0 Å². The molecule has 2 aliphatic heterocycles. The van der Waals surface area contributed by atoms with Crippen molar-refractivity contribution in [2.45, 2.75) is 51.5 Å². The molecular formula is C26H34N4O2. The van der Waals surface area contributed by atoms with Gasteiger partial charge in [0.1, 0.15) is 0 Å². The predicted octanol–water partition coefficient (Wildman–Crippen LogP) is 4.20. The zero-order valence-corrected chi connectivity index (χ0v) is 19.0. The first-order chi connectivity index (χ1) is 15.6. The number of benzene rings is 2. The number of carbonyl (C=O) groups is 2. The Balaban J connectivity index is 1.30. The van der Waals surface area contributed by atoms with Gasteiger partial charge in [0, 0.05) is 30.5 Å². The van der Waals surface area contributed by atoms with Crippen molar-refractivity contribution in [1.82, 2.24) is 10.2 Å². The quantitative estimate of drug-likeness (QED) is 0.716. The second-order valence-corrected chi connectivity index (χ2v) is 8.77. The van der Waals surface area contributed by atoms with E-state index in [0.717, 1.165) is 68.8 Å². The average Bonchev–Trinajstić information content (AvgIpc) is 3.16. The first-order valence-corrected chi connectivity index (χ1v) is 11.9. The summed E-state index contributed by atoms with van der Waals surface area (Å²) in [5.41, 5.74) is 3.91. The molecule has 3 amide bonds. The van der Waals surface area contributed by atoms with E-state index in [-0.39, 0.29) is 11.9 Å². The van der Waals surface area contributed by atoms with Crippen LogP contribution in [0.15, 0.2) is 48.5 Å². The molecule has 0 aliphatic carbocycles. The Morgan fingerprint density at radius 3 is 2.62 bits per heavy atom. The number of amides is 3. The lowest BCUT2D eigenvalue weighted by Crippen LogP contribution is -2.40. The van der Waals surface area contributed by atoms with E-state index < -0.39 is 0 Å². The van der Waals surface area contributed by atoms with Crippen LogP contribution < -0.4 is 15.5 Å². The molecule has 2 heterocycles. The summed E-state index contributed by atoms with van der Waals surface area (Å²) >= 11 is 0. The third-order valence-corrected chi connectivity index (χ3v) is 6.62. The van der Waals surface area contributed by atoms with E-state index in [1.807, 2.05) is 47.4 Å². The minimum absolute atomic E-state index is 0.0471. The Morgan fingerprint density at radius 1 is 1.00 bits per heavy atom. The lowest BCUT2D eigenvalue weighted by Gasteiger charge is -2.23. The number of carbonyl (C=O) groups excluding carboxylic acids is 2. The highest BCUT2D eigenvalue weighted by Crippen LogP contribution is 2.26. The summed E-state index contributed by atoms with van der Waals surface area (Å²) in [7, 11) is 0. The van der Waals surface area contributed by atoms with Gasteiger partial charge in [0.2, 0.25) is 5.91 Å².